The average molecular weight is 274 g/mol. The molecule has 0 aliphatic carbocycles. The van der Waals surface area contributed by atoms with E-state index >= 15 is 0 Å². The first-order valence-electron chi connectivity index (χ1n) is 7.32. The second kappa shape index (κ2) is 5.54. The highest BCUT2D eigenvalue weighted by molar-refractivity contribution is 5.87. The zero-order chi connectivity index (χ0) is 14.0. The van der Waals surface area contributed by atoms with Gasteiger partial charge in [-0.1, -0.05) is 30.3 Å². The van der Waals surface area contributed by atoms with Crippen molar-refractivity contribution in [1.29, 1.82) is 0 Å². The molecule has 2 saturated heterocycles. The van der Waals surface area contributed by atoms with Crippen molar-refractivity contribution in [3.05, 3.63) is 35.9 Å². The van der Waals surface area contributed by atoms with Crippen molar-refractivity contribution in [3.63, 3.8) is 0 Å². The molecule has 2 fully saturated rings. The van der Waals surface area contributed by atoms with E-state index in [9.17, 15) is 4.79 Å². The molecule has 3 rings (SSSR count). The third-order valence-corrected chi connectivity index (χ3v) is 4.76. The fourth-order valence-electron chi connectivity index (χ4n) is 3.64. The smallest absolute Gasteiger partial charge is 0.230 e. The Morgan fingerprint density at radius 3 is 2.95 bits per heavy atom. The van der Waals surface area contributed by atoms with Crippen molar-refractivity contribution in [2.75, 3.05) is 39.9 Å². The second-order valence-corrected chi connectivity index (χ2v) is 5.79. The van der Waals surface area contributed by atoms with Crippen LogP contribution in [0, 0.1) is 5.41 Å². The van der Waals surface area contributed by atoms with Gasteiger partial charge < -0.3 is 15.0 Å². The fraction of sp³-hybridized carbons (Fsp3) is 0.562. The first-order chi connectivity index (χ1) is 9.78. The Hall–Kier alpha value is -1.39. The molecule has 0 radical (unpaired) electrons. The summed E-state index contributed by atoms with van der Waals surface area (Å²) in [4.78, 5) is 14.8. The molecule has 4 nitrogen and oxygen atoms in total. The van der Waals surface area contributed by atoms with E-state index in [1.807, 2.05) is 11.0 Å². The van der Waals surface area contributed by atoms with Gasteiger partial charge in [0.25, 0.3) is 0 Å². The number of benzene rings is 1. The molecule has 0 unspecified atom stereocenters. The lowest BCUT2D eigenvalue weighted by Crippen LogP contribution is -2.40. The molecule has 1 aromatic rings. The second-order valence-electron chi connectivity index (χ2n) is 5.79. The van der Waals surface area contributed by atoms with Crippen molar-refractivity contribution in [2.45, 2.75) is 12.3 Å². The maximum atomic E-state index is 12.8. The van der Waals surface area contributed by atoms with E-state index in [0.29, 0.717) is 25.0 Å². The molecular weight excluding hydrogens is 252 g/mol. The minimum atomic E-state index is -0.241. The van der Waals surface area contributed by atoms with Crippen molar-refractivity contribution in [3.8, 4) is 0 Å². The summed E-state index contributed by atoms with van der Waals surface area (Å²) in [6, 6.07) is 10.4. The van der Waals surface area contributed by atoms with Crippen molar-refractivity contribution >= 4 is 5.91 Å². The van der Waals surface area contributed by atoms with Crippen LogP contribution in [-0.4, -0.2) is 50.7 Å². The summed E-state index contributed by atoms with van der Waals surface area (Å²) < 4.78 is 5.11. The molecule has 2 aliphatic rings. The Morgan fingerprint density at radius 2 is 2.20 bits per heavy atom. The Balaban J connectivity index is 1.83. The number of carbonyl (C=O) groups is 1. The zero-order valence-corrected chi connectivity index (χ0v) is 12.0. The molecule has 4 heteroatoms. The van der Waals surface area contributed by atoms with Gasteiger partial charge in [-0.2, -0.15) is 0 Å². The van der Waals surface area contributed by atoms with Gasteiger partial charge in [-0.15, -0.1) is 0 Å². The minimum Gasteiger partial charge on any atom is -0.383 e. The van der Waals surface area contributed by atoms with Crippen molar-refractivity contribution in [2.24, 2.45) is 5.41 Å². The predicted molar refractivity (Wildman–Crippen MR) is 77.6 cm³/mol. The number of amides is 1. The van der Waals surface area contributed by atoms with Crippen LogP contribution in [0.15, 0.2) is 30.3 Å². The number of likely N-dealkylation sites (tertiary alicyclic amines) is 1. The number of carbonyl (C=O) groups excluding carboxylic acids is 1. The maximum Gasteiger partial charge on any atom is 0.230 e. The first kappa shape index (κ1) is 13.6. The van der Waals surface area contributed by atoms with Crippen LogP contribution in [0.4, 0.5) is 0 Å². The summed E-state index contributed by atoms with van der Waals surface area (Å²) in [7, 11) is 1.68. The third-order valence-electron chi connectivity index (χ3n) is 4.76. The molecule has 1 aromatic carbocycles. The third kappa shape index (κ3) is 2.13. The lowest BCUT2D eigenvalue weighted by molar-refractivity contribution is -0.136. The molecule has 2 heterocycles. The van der Waals surface area contributed by atoms with Crippen molar-refractivity contribution < 1.29 is 9.53 Å². The van der Waals surface area contributed by atoms with E-state index < -0.39 is 0 Å². The highest BCUT2D eigenvalue weighted by atomic mass is 16.5. The average Bonchev–Trinajstić information content (AvgIpc) is 3.05. The van der Waals surface area contributed by atoms with Gasteiger partial charge in [0.1, 0.15) is 0 Å². The summed E-state index contributed by atoms with van der Waals surface area (Å²) in [5.74, 6) is 0.595. The topological polar surface area (TPSA) is 41.6 Å². The summed E-state index contributed by atoms with van der Waals surface area (Å²) in [6.45, 7) is 3.87. The molecule has 0 bridgehead atoms. The highest BCUT2D eigenvalue weighted by Gasteiger charge is 2.54. The Bertz CT molecular complexity index is 477. The van der Waals surface area contributed by atoms with E-state index in [0.717, 1.165) is 26.1 Å². The quantitative estimate of drug-likeness (QED) is 0.898. The number of nitrogens with one attached hydrogen (secondary N) is 1. The fourth-order valence-corrected chi connectivity index (χ4v) is 3.64. The summed E-state index contributed by atoms with van der Waals surface area (Å²) >= 11 is 0. The van der Waals surface area contributed by atoms with Crippen LogP contribution in [0.2, 0.25) is 0 Å². The van der Waals surface area contributed by atoms with Gasteiger partial charge in [0.15, 0.2) is 0 Å². The van der Waals surface area contributed by atoms with Gasteiger partial charge in [0, 0.05) is 39.2 Å². The number of methoxy groups -OCH3 is 1. The Morgan fingerprint density at radius 1 is 1.40 bits per heavy atom. The van der Waals surface area contributed by atoms with Gasteiger partial charge in [0.2, 0.25) is 5.91 Å². The molecular formula is C16H22N2O2. The monoisotopic (exact) mass is 274 g/mol. The van der Waals surface area contributed by atoms with Gasteiger partial charge in [0.05, 0.1) is 12.0 Å². The number of nitrogens with zero attached hydrogens (tertiary/aromatic N) is 1. The summed E-state index contributed by atoms with van der Waals surface area (Å²) in [5, 5.41) is 3.43. The molecule has 0 aromatic heterocycles. The van der Waals surface area contributed by atoms with E-state index in [-0.39, 0.29) is 5.41 Å². The lowest BCUT2D eigenvalue weighted by Gasteiger charge is -2.29. The molecule has 1 amide bonds. The van der Waals surface area contributed by atoms with Gasteiger partial charge in [-0.25, -0.2) is 0 Å². The van der Waals surface area contributed by atoms with E-state index in [4.69, 9.17) is 4.74 Å². The largest absolute Gasteiger partial charge is 0.383 e. The molecule has 2 atom stereocenters. The predicted octanol–water partition coefficient (Wildman–Crippen LogP) is 1.24. The van der Waals surface area contributed by atoms with Gasteiger partial charge in [-0.05, 0) is 12.0 Å². The standard InChI is InChI=1S/C16H22N2O2/c1-20-10-9-18-8-7-16(15(18)19)12-17-11-14(16)13-5-3-2-4-6-13/h2-6,14,17H,7-12H2,1H3/t14-,16+/m1/s1. The molecule has 108 valence electrons. The number of hydrogen-bond donors (Lipinski definition) is 1. The van der Waals surface area contributed by atoms with Crippen LogP contribution in [0.1, 0.15) is 17.9 Å². The first-order valence-corrected chi connectivity index (χ1v) is 7.32. The van der Waals surface area contributed by atoms with Gasteiger partial charge in [-0.3, -0.25) is 4.79 Å². The van der Waals surface area contributed by atoms with E-state index in [2.05, 4.69) is 29.6 Å². The summed E-state index contributed by atoms with van der Waals surface area (Å²) in [6.07, 6.45) is 0.947. The Kier molecular flexibility index (Phi) is 3.76. The lowest BCUT2D eigenvalue weighted by atomic mass is 9.73. The number of ether oxygens (including phenoxy) is 1. The molecule has 2 aliphatic heterocycles. The zero-order valence-electron chi connectivity index (χ0n) is 12.0. The summed E-state index contributed by atoms with van der Waals surface area (Å²) in [5.41, 5.74) is 1.04. The molecule has 1 N–H and O–H groups in total. The van der Waals surface area contributed by atoms with E-state index in [1.54, 1.807) is 7.11 Å². The van der Waals surface area contributed by atoms with Crippen LogP contribution in [0.3, 0.4) is 0 Å². The van der Waals surface area contributed by atoms with E-state index in [1.165, 1.54) is 5.56 Å². The van der Waals surface area contributed by atoms with Crippen LogP contribution < -0.4 is 5.32 Å². The highest BCUT2D eigenvalue weighted by Crippen LogP contribution is 2.46. The molecule has 1 spiro atoms. The maximum absolute atomic E-state index is 12.8. The van der Waals surface area contributed by atoms with Crippen molar-refractivity contribution in [1.82, 2.24) is 10.2 Å². The van der Waals surface area contributed by atoms with Crippen LogP contribution in [0.5, 0.6) is 0 Å². The molecule has 0 saturated carbocycles. The normalized spacial score (nSPS) is 29.6. The molecule has 20 heavy (non-hydrogen) atoms. The van der Waals surface area contributed by atoms with Crippen LogP contribution >= 0.6 is 0 Å². The Labute approximate surface area is 120 Å². The van der Waals surface area contributed by atoms with Crippen LogP contribution in [-0.2, 0) is 9.53 Å². The van der Waals surface area contributed by atoms with Gasteiger partial charge >= 0.3 is 0 Å². The van der Waals surface area contributed by atoms with Crippen LogP contribution in [0.25, 0.3) is 0 Å². The SMILES string of the molecule is COCCN1CC[C@@]2(CNC[C@@H]2c2ccccc2)C1=O. The number of rotatable bonds is 4. The number of hydrogen-bond acceptors (Lipinski definition) is 3. The minimum absolute atomic E-state index is 0.241.